The Morgan fingerprint density at radius 2 is 2.12 bits per heavy atom. The van der Waals surface area contributed by atoms with Crippen molar-refractivity contribution in [1.29, 1.82) is 0 Å². The third-order valence-electron chi connectivity index (χ3n) is 4.50. The molecule has 3 unspecified atom stereocenters. The van der Waals surface area contributed by atoms with Gasteiger partial charge in [-0.15, -0.1) is 0 Å². The van der Waals surface area contributed by atoms with Crippen LogP contribution in [0, 0.1) is 0 Å². The van der Waals surface area contributed by atoms with E-state index in [9.17, 15) is 18.0 Å². The highest BCUT2D eigenvalue weighted by Crippen LogP contribution is 2.39. The Bertz CT molecular complexity index is 675. The van der Waals surface area contributed by atoms with Crippen LogP contribution in [0.25, 0.3) is 0 Å². The Labute approximate surface area is 143 Å². The van der Waals surface area contributed by atoms with Crippen LogP contribution in [0.15, 0.2) is 23.3 Å². The highest BCUT2D eigenvalue weighted by molar-refractivity contribution is 6.04. The van der Waals surface area contributed by atoms with Crippen LogP contribution in [-0.2, 0) is 9.53 Å². The molecule has 0 spiro atoms. The molecule has 3 atom stereocenters. The number of aromatic nitrogens is 1. The number of rotatable bonds is 3. The third-order valence-corrected chi connectivity index (χ3v) is 4.50. The second-order valence-electron chi connectivity index (χ2n) is 6.21. The maximum absolute atomic E-state index is 13.5. The molecule has 9 heteroatoms. The van der Waals surface area contributed by atoms with Gasteiger partial charge in [-0.05, 0) is 31.4 Å². The molecule has 1 aromatic heterocycles. The Hall–Kier alpha value is -2.16. The van der Waals surface area contributed by atoms with E-state index in [0.29, 0.717) is 30.8 Å². The van der Waals surface area contributed by atoms with Gasteiger partial charge in [0.2, 0.25) is 11.7 Å². The summed E-state index contributed by atoms with van der Waals surface area (Å²) in [6.45, 7) is 1.34. The fourth-order valence-electron chi connectivity index (χ4n) is 3.43. The average Bonchev–Trinajstić information content (AvgIpc) is 2.94. The third kappa shape index (κ3) is 3.60. The molecule has 1 fully saturated rings. The summed E-state index contributed by atoms with van der Waals surface area (Å²) in [5.41, 5.74) is 0.313. The molecule has 1 saturated carbocycles. The lowest BCUT2D eigenvalue weighted by Crippen LogP contribution is -2.47. The number of nitrogens with zero attached hydrogens (tertiary/aromatic N) is 3. The van der Waals surface area contributed by atoms with E-state index in [2.05, 4.69) is 15.3 Å². The number of carbonyl (C=O) groups is 1. The summed E-state index contributed by atoms with van der Waals surface area (Å²) in [5.74, 6) is -0.897. The second kappa shape index (κ2) is 6.62. The Balaban J connectivity index is 1.90. The van der Waals surface area contributed by atoms with Crippen molar-refractivity contribution in [3.05, 3.63) is 18.3 Å². The quantitative estimate of drug-likeness (QED) is 0.904. The fourth-order valence-corrected chi connectivity index (χ4v) is 3.43. The van der Waals surface area contributed by atoms with Crippen LogP contribution in [-0.4, -0.2) is 48.2 Å². The zero-order chi connectivity index (χ0) is 18.2. The summed E-state index contributed by atoms with van der Waals surface area (Å²) < 4.78 is 45.7. The van der Waals surface area contributed by atoms with Crippen LogP contribution >= 0.6 is 0 Å². The molecular formula is C16H19F3N4O2. The smallest absolute Gasteiger partial charge is 0.381 e. The molecule has 1 amide bonds. The van der Waals surface area contributed by atoms with Gasteiger partial charge in [-0.1, -0.05) is 0 Å². The number of ether oxygens (including phenoxy) is 1. The van der Waals surface area contributed by atoms with Crippen molar-refractivity contribution in [2.24, 2.45) is 4.99 Å². The summed E-state index contributed by atoms with van der Waals surface area (Å²) in [5, 5.41) is 2.50. The number of amides is 1. The zero-order valence-electron chi connectivity index (χ0n) is 13.9. The van der Waals surface area contributed by atoms with Crippen LogP contribution in [0.3, 0.4) is 0 Å². The molecule has 0 aromatic carbocycles. The number of carbonyl (C=O) groups excluding carboxylic acids is 1. The SMILES string of the molecule is COC1CCC2C(C1)N=C(C(F)(F)F)N2c1ccc(NC(C)=O)nc1. The molecule has 0 saturated heterocycles. The van der Waals surface area contributed by atoms with E-state index < -0.39 is 18.1 Å². The molecule has 1 aliphatic carbocycles. The molecule has 0 radical (unpaired) electrons. The predicted octanol–water partition coefficient (Wildman–Crippen LogP) is 2.76. The maximum atomic E-state index is 13.5. The topological polar surface area (TPSA) is 66.8 Å². The minimum atomic E-state index is -4.55. The van der Waals surface area contributed by atoms with Crippen molar-refractivity contribution in [1.82, 2.24) is 4.98 Å². The van der Waals surface area contributed by atoms with Crippen LogP contribution in [0.5, 0.6) is 0 Å². The molecule has 25 heavy (non-hydrogen) atoms. The number of halogens is 3. The largest absolute Gasteiger partial charge is 0.449 e. The first-order valence-corrected chi connectivity index (χ1v) is 8.00. The molecule has 1 N–H and O–H groups in total. The maximum Gasteiger partial charge on any atom is 0.449 e. The van der Waals surface area contributed by atoms with Crippen LogP contribution in [0.4, 0.5) is 24.7 Å². The first-order chi connectivity index (χ1) is 11.8. The van der Waals surface area contributed by atoms with Crippen LogP contribution in [0.1, 0.15) is 26.2 Å². The Morgan fingerprint density at radius 1 is 1.36 bits per heavy atom. The van der Waals surface area contributed by atoms with Crippen molar-refractivity contribution in [2.45, 2.75) is 50.6 Å². The van der Waals surface area contributed by atoms with Crippen LogP contribution < -0.4 is 10.2 Å². The van der Waals surface area contributed by atoms with Gasteiger partial charge >= 0.3 is 6.18 Å². The normalized spacial score (nSPS) is 26.2. The Morgan fingerprint density at radius 3 is 2.68 bits per heavy atom. The van der Waals surface area contributed by atoms with Gasteiger partial charge in [0.25, 0.3) is 0 Å². The van der Waals surface area contributed by atoms with Gasteiger partial charge in [0.05, 0.1) is 30.1 Å². The molecule has 2 aliphatic rings. The van der Waals surface area contributed by atoms with E-state index in [0.717, 1.165) is 0 Å². The molecule has 3 rings (SSSR count). The Kier molecular flexibility index (Phi) is 4.68. The molecule has 6 nitrogen and oxygen atoms in total. The predicted molar refractivity (Wildman–Crippen MR) is 86.7 cm³/mol. The minimum absolute atomic E-state index is 0.0697. The fraction of sp³-hybridized carbons (Fsp3) is 0.562. The summed E-state index contributed by atoms with van der Waals surface area (Å²) in [6.07, 6.45) is -1.58. The number of anilines is 2. The van der Waals surface area contributed by atoms with Gasteiger partial charge in [0.1, 0.15) is 5.82 Å². The first kappa shape index (κ1) is 17.7. The number of hydrogen-bond donors (Lipinski definition) is 1. The number of alkyl halides is 3. The summed E-state index contributed by atoms with van der Waals surface area (Å²) in [6, 6.07) is 2.19. The van der Waals surface area contributed by atoms with Crippen molar-refractivity contribution in [2.75, 3.05) is 17.3 Å². The lowest BCUT2D eigenvalue weighted by molar-refractivity contribution is -0.114. The molecular weight excluding hydrogens is 337 g/mol. The van der Waals surface area contributed by atoms with Gasteiger partial charge in [-0.25, -0.2) is 4.98 Å². The van der Waals surface area contributed by atoms with E-state index in [1.165, 1.54) is 30.2 Å². The van der Waals surface area contributed by atoms with Crippen molar-refractivity contribution >= 4 is 23.2 Å². The molecule has 136 valence electrons. The van der Waals surface area contributed by atoms with E-state index >= 15 is 0 Å². The molecule has 1 aromatic rings. The molecule has 2 heterocycles. The zero-order valence-corrected chi connectivity index (χ0v) is 13.9. The van der Waals surface area contributed by atoms with Gasteiger partial charge in [-0.2, -0.15) is 13.2 Å². The van der Waals surface area contributed by atoms with Gasteiger partial charge in [-0.3, -0.25) is 9.79 Å². The minimum Gasteiger partial charge on any atom is -0.381 e. The lowest BCUT2D eigenvalue weighted by atomic mass is 9.88. The lowest BCUT2D eigenvalue weighted by Gasteiger charge is -2.35. The number of methoxy groups -OCH3 is 1. The standard InChI is InChI=1S/C16H19F3N4O2/c1-9(24)21-14-6-3-10(8-20-14)23-13-5-4-11(25-2)7-12(13)22-15(23)16(17,18)19/h3,6,8,11-13H,4-5,7H2,1-2H3,(H,20,21,24). The summed E-state index contributed by atoms with van der Waals surface area (Å²) in [4.78, 5) is 20.2. The van der Waals surface area contributed by atoms with E-state index in [1.807, 2.05) is 0 Å². The van der Waals surface area contributed by atoms with Crippen molar-refractivity contribution in [3.63, 3.8) is 0 Å². The highest BCUT2D eigenvalue weighted by Gasteiger charge is 2.51. The van der Waals surface area contributed by atoms with Gasteiger partial charge in [0, 0.05) is 14.0 Å². The number of fused-ring (bicyclic) bond motifs is 1. The monoisotopic (exact) mass is 356 g/mol. The first-order valence-electron chi connectivity index (χ1n) is 8.00. The number of nitrogens with one attached hydrogen (secondary N) is 1. The van der Waals surface area contributed by atoms with Crippen molar-refractivity contribution < 1.29 is 22.7 Å². The number of aliphatic imine (C=N–C) groups is 1. The number of amidine groups is 1. The number of hydrogen-bond acceptors (Lipinski definition) is 5. The summed E-state index contributed by atoms with van der Waals surface area (Å²) >= 11 is 0. The van der Waals surface area contributed by atoms with Crippen LogP contribution in [0.2, 0.25) is 0 Å². The van der Waals surface area contributed by atoms with E-state index in [-0.39, 0.29) is 18.1 Å². The van der Waals surface area contributed by atoms with E-state index in [1.54, 1.807) is 7.11 Å². The highest BCUT2D eigenvalue weighted by atomic mass is 19.4. The molecule has 1 aliphatic heterocycles. The second-order valence-corrected chi connectivity index (χ2v) is 6.21. The van der Waals surface area contributed by atoms with E-state index in [4.69, 9.17) is 4.74 Å². The average molecular weight is 356 g/mol. The van der Waals surface area contributed by atoms with Gasteiger partial charge in [0.15, 0.2) is 0 Å². The van der Waals surface area contributed by atoms with Gasteiger partial charge < -0.3 is 15.0 Å². The summed E-state index contributed by atoms with van der Waals surface area (Å²) in [7, 11) is 1.57. The number of pyridine rings is 1. The molecule has 0 bridgehead atoms. The van der Waals surface area contributed by atoms with Crippen molar-refractivity contribution in [3.8, 4) is 0 Å².